The van der Waals surface area contributed by atoms with E-state index < -0.39 is 5.97 Å². The second kappa shape index (κ2) is 8.14. The molecule has 1 aromatic carbocycles. The molecule has 0 aliphatic rings. The summed E-state index contributed by atoms with van der Waals surface area (Å²) in [5.41, 5.74) is 0.803. The lowest BCUT2D eigenvalue weighted by molar-refractivity contribution is -0.684. The third-order valence-electron chi connectivity index (χ3n) is 3.35. The minimum atomic E-state index is -0.448. The molecule has 122 valence electrons. The normalized spacial score (nSPS) is 11.7. The van der Waals surface area contributed by atoms with E-state index in [1.165, 1.54) is 0 Å². The minimum absolute atomic E-state index is 0.0380. The fourth-order valence-corrected chi connectivity index (χ4v) is 2.13. The van der Waals surface area contributed by atoms with Gasteiger partial charge in [-0.25, -0.2) is 4.79 Å². The van der Waals surface area contributed by atoms with E-state index in [1.54, 1.807) is 37.5 Å². The highest BCUT2D eigenvalue weighted by Crippen LogP contribution is 2.16. The van der Waals surface area contributed by atoms with E-state index in [-0.39, 0.29) is 25.1 Å². The number of benzene rings is 1. The summed E-state index contributed by atoms with van der Waals surface area (Å²) < 4.78 is 10.3. The third kappa shape index (κ3) is 4.69. The zero-order chi connectivity index (χ0) is 16.7. The van der Waals surface area contributed by atoms with Crippen LogP contribution in [0.25, 0.3) is 0 Å². The third-order valence-corrected chi connectivity index (χ3v) is 3.35. The van der Waals surface area contributed by atoms with Crippen LogP contribution >= 0.6 is 0 Å². The van der Waals surface area contributed by atoms with Gasteiger partial charge in [-0.2, -0.15) is 0 Å². The maximum Gasteiger partial charge on any atom is 0.340 e. The van der Waals surface area contributed by atoms with E-state index in [9.17, 15) is 9.59 Å². The number of amides is 1. The van der Waals surface area contributed by atoms with E-state index in [0.29, 0.717) is 11.3 Å². The van der Waals surface area contributed by atoms with Gasteiger partial charge in [0.2, 0.25) is 0 Å². The minimum Gasteiger partial charge on any atom is -0.463 e. The molecular formula is C17H21N2O4+. The Morgan fingerprint density at radius 2 is 2.04 bits per heavy atom. The molecule has 23 heavy (non-hydrogen) atoms. The maximum atomic E-state index is 12.1. The van der Waals surface area contributed by atoms with Gasteiger partial charge in [-0.3, -0.25) is 4.79 Å². The quantitative estimate of drug-likeness (QED) is 0.762. The fourth-order valence-electron chi connectivity index (χ4n) is 2.13. The number of carbonyl (C=O) groups is 2. The second-order valence-electron chi connectivity index (χ2n) is 5.06. The number of quaternary nitrogens is 1. The Kier molecular flexibility index (Phi) is 5.94. The average Bonchev–Trinajstić information content (AvgIpc) is 3.08. The Bertz CT molecular complexity index is 652. The van der Waals surface area contributed by atoms with E-state index >= 15 is 0 Å². The summed E-state index contributed by atoms with van der Waals surface area (Å²) in [6.07, 6.45) is 1.61. The molecule has 0 aliphatic heterocycles. The van der Waals surface area contributed by atoms with Crippen molar-refractivity contribution in [2.45, 2.75) is 19.9 Å². The molecule has 6 heteroatoms. The highest BCUT2D eigenvalue weighted by atomic mass is 16.5. The Hall–Kier alpha value is -2.60. The molecule has 2 aromatic rings. The summed E-state index contributed by atoms with van der Waals surface area (Å²) in [4.78, 5) is 24.0. The monoisotopic (exact) mass is 317 g/mol. The van der Waals surface area contributed by atoms with Crippen molar-refractivity contribution in [1.29, 1.82) is 0 Å². The predicted octanol–water partition coefficient (Wildman–Crippen LogP) is 1.72. The summed E-state index contributed by atoms with van der Waals surface area (Å²) in [6.45, 7) is 4.21. The molecule has 0 bridgehead atoms. The van der Waals surface area contributed by atoms with Gasteiger partial charge in [-0.1, -0.05) is 12.1 Å². The number of hydrogen-bond acceptors (Lipinski definition) is 4. The summed E-state index contributed by atoms with van der Waals surface area (Å²) in [7, 11) is 0. The van der Waals surface area contributed by atoms with Crippen molar-refractivity contribution in [1.82, 2.24) is 0 Å². The van der Waals surface area contributed by atoms with Crippen LogP contribution in [0.1, 0.15) is 36.0 Å². The number of anilines is 1. The summed E-state index contributed by atoms with van der Waals surface area (Å²) in [5.74, 6) is 0.168. The molecule has 2 rings (SSSR count). The predicted molar refractivity (Wildman–Crippen MR) is 84.9 cm³/mol. The Balaban J connectivity index is 1.94. The van der Waals surface area contributed by atoms with Crippen molar-refractivity contribution in [2.75, 3.05) is 18.5 Å². The highest BCUT2D eigenvalue weighted by Gasteiger charge is 2.16. The molecule has 3 N–H and O–H groups in total. The Morgan fingerprint density at radius 3 is 2.74 bits per heavy atom. The van der Waals surface area contributed by atoms with Crippen LogP contribution in [0.2, 0.25) is 0 Å². The number of nitrogens with one attached hydrogen (secondary N) is 1. The Labute approximate surface area is 134 Å². The van der Waals surface area contributed by atoms with Crippen LogP contribution in [0.5, 0.6) is 0 Å². The van der Waals surface area contributed by atoms with Gasteiger partial charge in [-0.15, -0.1) is 0 Å². The second-order valence-corrected chi connectivity index (χ2v) is 5.06. The van der Waals surface area contributed by atoms with Crippen molar-refractivity contribution >= 4 is 17.6 Å². The van der Waals surface area contributed by atoms with Crippen LogP contribution in [0.4, 0.5) is 5.69 Å². The van der Waals surface area contributed by atoms with Crippen LogP contribution in [0.15, 0.2) is 47.1 Å². The molecule has 1 heterocycles. The molecular weight excluding hydrogens is 296 g/mol. The molecule has 1 atom stereocenters. The van der Waals surface area contributed by atoms with Gasteiger partial charge in [0, 0.05) is 0 Å². The van der Waals surface area contributed by atoms with E-state index in [1.807, 2.05) is 24.4 Å². The zero-order valence-electron chi connectivity index (χ0n) is 13.2. The molecule has 6 nitrogen and oxygen atoms in total. The number of carbonyl (C=O) groups excluding carboxylic acids is 2. The largest absolute Gasteiger partial charge is 0.463 e. The van der Waals surface area contributed by atoms with Crippen LogP contribution in [0, 0.1) is 0 Å². The van der Waals surface area contributed by atoms with Crippen molar-refractivity contribution < 1.29 is 24.1 Å². The molecule has 0 spiro atoms. The van der Waals surface area contributed by atoms with E-state index in [2.05, 4.69) is 5.32 Å². The van der Waals surface area contributed by atoms with Crippen molar-refractivity contribution in [2.24, 2.45) is 0 Å². The zero-order valence-corrected chi connectivity index (χ0v) is 13.2. The highest BCUT2D eigenvalue weighted by molar-refractivity contribution is 6.01. The van der Waals surface area contributed by atoms with Gasteiger partial charge >= 0.3 is 5.97 Å². The smallest absolute Gasteiger partial charge is 0.340 e. The maximum absolute atomic E-state index is 12.1. The first-order valence-electron chi connectivity index (χ1n) is 7.54. The molecule has 0 radical (unpaired) electrons. The number of furan rings is 1. The molecule has 0 saturated heterocycles. The molecule has 1 aromatic heterocycles. The van der Waals surface area contributed by atoms with E-state index in [0.717, 1.165) is 5.76 Å². The Morgan fingerprint density at radius 1 is 1.26 bits per heavy atom. The topological polar surface area (TPSA) is 85.1 Å². The summed E-state index contributed by atoms with van der Waals surface area (Å²) >= 11 is 0. The van der Waals surface area contributed by atoms with Crippen molar-refractivity contribution in [3.63, 3.8) is 0 Å². The first-order chi connectivity index (χ1) is 11.1. The standard InChI is InChI=1S/C17H20N2O4/c1-3-22-17(21)13-7-4-5-8-14(13)19-16(20)11-18-12(2)15-9-6-10-23-15/h4-10,12,18H,3,11H2,1-2H3,(H,19,20)/p+1/t12-/m0/s1. The average molecular weight is 317 g/mol. The van der Waals surface area contributed by atoms with E-state index in [4.69, 9.17) is 9.15 Å². The first kappa shape index (κ1) is 16.8. The van der Waals surface area contributed by atoms with Gasteiger partial charge in [0.15, 0.2) is 12.3 Å². The summed E-state index contributed by atoms with van der Waals surface area (Å²) in [6, 6.07) is 10.5. The van der Waals surface area contributed by atoms with Gasteiger partial charge in [0.1, 0.15) is 6.04 Å². The van der Waals surface area contributed by atoms with Gasteiger partial charge in [0.25, 0.3) is 5.91 Å². The molecule has 0 fully saturated rings. The molecule has 0 unspecified atom stereocenters. The number of para-hydroxylation sites is 1. The number of rotatable bonds is 7. The molecule has 0 saturated carbocycles. The van der Waals surface area contributed by atoms with Crippen LogP contribution in [-0.2, 0) is 9.53 Å². The number of ether oxygens (including phenoxy) is 1. The van der Waals surface area contributed by atoms with Gasteiger partial charge in [0.05, 0.1) is 24.1 Å². The van der Waals surface area contributed by atoms with Crippen molar-refractivity contribution in [3.05, 3.63) is 54.0 Å². The van der Waals surface area contributed by atoms with Gasteiger partial charge < -0.3 is 19.8 Å². The van der Waals surface area contributed by atoms with Crippen molar-refractivity contribution in [3.8, 4) is 0 Å². The van der Waals surface area contributed by atoms with Gasteiger partial charge in [-0.05, 0) is 38.1 Å². The SMILES string of the molecule is CCOC(=O)c1ccccc1NC(=O)C[NH2+][C@@H](C)c1ccco1. The van der Waals surface area contributed by atoms with Crippen LogP contribution in [0.3, 0.4) is 0 Å². The number of hydrogen-bond donors (Lipinski definition) is 2. The number of esters is 1. The van der Waals surface area contributed by atoms with Crippen LogP contribution in [-0.4, -0.2) is 25.0 Å². The summed E-state index contributed by atoms with van der Waals surface area (Å²) in [5, 5.41) is 4.61. The van der Waals surface area contributed by atoms with Crippen LogP contribution < -0.4 is 10.6 Å². The number of nitrogens with two attached hydrogens (primary N) is 1. The first-order valence-corrected chi connectivity index (χ1v) is 7.54. The lowest BCUT2D eigenvalue weighted by atomic mass is 10.2. The lowest BCUT2D eigenvalue weighted by Crippen LogP contribution is -2.86. The molecule has 1 amide bonds. The molecule has 0 aliphatic carbocycles. The lowest BCUT2D eigenvalue weighted by Gasteiger charge is -2.11. The fraction of sp³-hybridized carbons (Fsp3) is 0.294.